The van der Waals surface area contributed by atoms with Crippen LogP contribution in [-0.2, 0) is 9.59 Å². The van der Waals surface area contributed by atoms with E-state index in [1.807, 2.05) is 0 Å². The number of amides is 1. The van der Waals surface area contributed by atoms with Crippen LogP contribution >= 0.6 is 23.2 Å². The number of hydrogen-bond acceptors (Lipinski definition) is 6. The van der Waals surface area contributed by atoms with Crippen molar-refractivity contribution in [2.45, 2.75) is 19.9 Å². The minimum Gasteiger partial charge on any atom is -0.507 e. The van der Waals surface area contributed by atoms with Gasteiger partial charge < -0.3 is 19.7 Å². The normalized spacial score (nSPS) is 16.9. The fraction of sp³-hybridized carbons (Fsp3) is 0.185. The molecule has 0 saturated carbocycles. The van der Waals surface area contributed by atoms with Crippen LogP contribution in [0.1, 0.15) is 29.7 Å². The number of Topliss-reactive ketones (excluding diaryl/α,β-unsaturated/α-hetero) is 1. The van der Waals surface area contributed by atoms with Crippen LogP contribution in [0.2, 0.25) is 10.0 Å². The molecule has 9 heteroatoms. The minimum atomic E-state index is -1.04. The molecule has 1 saturated heterocycles. The van der Waals surface area contributed by atoms with E-state index in [2.05, 4.69) is 0 Å². The summed E-state index contributed by atoms with van der Waals surface area (Å²) in [7, 11) is 1.43. The number of hydrogen-bond donors (Lipinski definition) is 2. The Kier molecular flexibility index (Phi) is 7.15. The highest BCUT2D eigenvalue weighted by molar-refractivity contribution is 6.52. The van der Waals surface area contributed by atoms with Crippen LogP contribution in [0.4, 0.5) is 5.69 Å². The number of ketones is 1. The second kappa shape index (κ2) is 10.1. The van der Waals surface area contributed by atoms with Gasteiger partial charge in [-0.1, -0.05) is 35.3 Å². The van der Waals surface area contributed by atoms with Crippen LogP contribution < -0.4 is 14.4 Å². The predicted molar refractivity (Wildman–Crippen MR) is 138 cm³/mol. The first-order valence-electron chi connectivity index (χ1n) is 11.0. The zero-order valence-corrected chi connectivity index (χ0v) is 21.2. The smallest absolute Gasteiger partial charge is 0.300 e. The summed E-state index contributed by atoms with van der Waals surface area (Å²) in [5, 5.41) is 22.3. The lowest BCUT2D eigenvalue weighted by Gasteiger charge is -2.27. The minimum absolute atomic E-state index is 0.0982. The van der Waals surface area contributed by atoms with Crippen molar-refractivity contribution in [3.05, 3.63) is 86.9 Å². The highest BCUT2D eigenvalue weighted by atomic mass is 35.5. The van der Waals surface area contributed by atoms with Crippen molar-refractivity contribution in [2.24, 2.45) is 0 Å². The predicted octanol–water partition coefficient (Wildman–Crippen LogP) is 6.04. The number of carbonyl (C=O) groups excluding carboxylic acids is 2. The second-order valence-electron chi connectivity index (χ2n) is 8.06. The molecule has 4 rings (SSSR count). The van der Waals surface area contributed by atoms with E-state index in [0.717, 1.165) is 0 Å². The first-order valence-corrected chi connectivity index (χ1v) is 11.8. The molecule has 2 N–H and O–H groups in total. The monoisotopic (exact) mass is 527 g/mol. The SMILES string of the molecule is CCOc1cc(C2/C(=C(\O)c3ccc(Cl)c(OC)c3)C(=O)C(=O)N2c2cccc(Cl)c2C)ccc1O. The van der Waals surface area contributed by atoms with Gasteiger partial charge in [-0.2, -0.15) is 0 Å². The number of benzene rings is 3. The number of ether oxygens (including phenoxy) is 2. The number of anilines is 1. The van der Waals surface area contributed by atoms with E-state index in [1.54, 1.807) is 38.1 Å². The number of phenolic OH excluding ortho intramolecular Hbond substituents is 1. The summed E-state index contributed by atoms with van der Waals surface area (Å²) in [6.07, 6.45) is 0. The Bertz CT molecular complexity index is 1400. The van der Waals surface area contributed by atoms with Crippen LogP contribution in [0.25, 0.3) is 5.76 Å². The van der Waals surface area contributed by atoms with Crippen molar-refractivity contribution in [3.63, 3.8) is 0 Å². The van der Waals surface area contributed by atoms with E-state index in [-0.39, 0.29) is 29.2 Å². The molecule has 1 atom stereocenters. The summed E-state index contributed by atoms with van der Waals surface area (Å²) in [5.41, 5.74) is 1.54. The van der Waals surface area contributed by atoms with Gasteiger partial charge in [-0.3, -0.25) is 14.5 Å². The first-order chi connectivity index (χ1) is 17.2. The number of nitrogens with zero attached hydrogens (tertiary/aromatic N) is 1. The van der Waals surface area contributed by atoms with Crippen LogP contribution in [0, 0.1) is 6.92 Å². The Hall–Kier alpha value is -3.68. The van der Waals surface area contributed by atoms with Gasteiger partial charge in [-0.15, -0.1) is 0 Å². The average molecular weight is 528 g/mol. The molecular formula is C27H23Cl2NO6. The van der Waals surface area contributed by atoms with Crippen molar-refractivity contribution in [1.82, 2.24) is 0 Å². The highest BCUT2D eigenvalue weighted by Crippen LogP contribution is 2.45. The lowest BCUT2D eigenvalue weighted by atomic mass is 9.94. The molecule has 0 spiro atoms. The summed E-state index contributed by atoms with van der Waals surface area (Å²) in [4.78, 5) is 28.1. The molecule has 0 aliphatic carbocycles. The number of aliphatic hydroxyl groups is 1. The average Bonchev–Trinajstić information content (AvgIpc) is 3.12. The van der Waals surface area contributed by atoms with Crippen molar-refractivity contribution >= 4 is 46.3 Å². The summed E-state index contributed by atoms with van der Waals surface area (Å²) < 4.78 is 10.8. The number of carbonyl (C=O) groups is 2. The summed E-state index contributed by atoms with van der Waals surface area (Å²) in [6.45, 7) is 3.79. The zero-order chi connectivity index (χ0) is 26.1. The lowest BCUT2D eigenvalue weighted by Crippen LogP contribution is -2.30. The number of phenols is 1. The quantitative estimate of drug-likeness (QED) is 0.230. The maximum absolute atomic E-state index is 13.4. The molecule has 1 amide bonds. The van der Waals surface area contributed by atoms with E-state index in [1.165, 1.54) is 42.3 Å². The highest BCUT2D eigenvalue weighted by Gasteiger charge is 2.47. The zero-order valence-electron chi connectivity index (χ0n) is 19.7. The van der Waals surface area contributed by atoms with E-state index in [0.29, 0.717) is 32.6 Å². The Balaban J connectivity index is 2.00. The van der Waals surface area contributed by atoms with Crippen molar-refractivity contribution in [3.8, 4) is 17.2 Å². The third-order valence-corrected chi connectivity index (χ3v) is 6.69. The van der Waals surface area contributed by atoms with E-state index >= 15 is 0 Å². The Morgan fingerprint density at radius 1 is 1.03 bits per heavy atom. The van der Waals surface area contributed by atoms with Gasteiger partial charge >= 0.3 is 0 Å². The molecule has 0 bridgehead atoms. The fourth-order valence-corrected chi connectivity index (χ4v) is 4.55. The van der Waals surface area contributed by atoms with Gasteiger partial charge in [0.05, 0.1) is 30.4 Å². The Labute approximate surface area is 218 Å². The van der Waals surface area contributed by atoms with E-state index < -0.39 is 23.5 Å². The lowest BCUT2D eigenvalue weighted by molar-refractivity contribution is -0.132. The van der Waals surface area contributed by atoms with Gasteiger partial charge in [-0.25, -0.2) is 0 Å². The molecule has 186 valence electrons. The molecule has 1 heterocycles. The van der Waals surface area contributed by atoms with Crippen LogP contribution in [0.15, 0.2) is 60.2 Å². The third-order valence-electron chi connectivity index (χ3n) is 5.97. The molecule has 1 fully saturated rings. The number of methoxy groups -OCH3 is 1. The van der Waals surface area contributed by atoms with Crippen molar-refractivity contribution in [2.75, 3.05) is 18.6 Å². The molecule has 1 unspecified atom stereocenters. The molecule has 3 aromatic rings. The maximum Gasteiger partial charge on any atom is 0.300 e. The Morgan fingerprint density at radius 2 is 1.78 bits per heavy atom. The van der Waals surface area contributed by atoms with Crippen LogP contribution in [0.5, 0.6) is 17.2 Å². The van der Waals surface area contributed by atoms with Gasteiger partial charge in [0.1, 0.15) is 11.5 Å². The standard InChI is InChI=1S/C27H23Cl2NO6/c1-4-36-22-12-15(9-11-20(22)31)24-23(25(32)16-8-10-18(29)21(13-16)35-3)26(33)27(34)30(24)19-7-5-6-17(28)14(19)2/h5-13,24,31-32H,4H2,1-3H3/b25-23+. The third kappa shape index (κ3) is 4.36. The molecule has 0 radical (unpaired) electrons. The van der Waals surface area contributed by atoms with Crippen LogP contribution in [-0.4, -0.2) is 35.6 Å². The molecule has 7 nitrogen and oxygen atoms in total. The molecule has 1 aliphatic heterocycles. The second-order valence-corrected chi connectivity index (χ2v) is 8.88. The molecule has 0 aromatic heterocycles. The topological polar surface area (TPSA) is 96.3 Å². The number of aliphatic hydroxyl groups excluding tert-OH is 1. The maximum atomic E-state index is 13.4. The number of halogens is 2. The molecule has 1 aliphatic rings. The van der Waals surface area contributed by atoms with Gasteiger partial charge in [0.15, 0.2) is 11.5 Å². The van der Waals surface area contributed by atoms with Gasteiger partial charge in [0.25, 0.3) is 11.7 Å². The molecular weight excluding hydrogens is 505 g/mol. The number of aromatic hydroxyl groups is 1. The fourth-order valence-electron chi connectivity index (χ4n) is 4.19. The summed E-state index contributed by atoms with van der Waals surface area (Å²) >= 11 is 12.5. The largest absolute Gasteiger partial charge is 0.507 e. The van der Waals surface area contributed by atoms with E-state index in [4.69, 9.17) is 32.7 Å². The Morgan fingerprint density at radius 3 is 2.47 bits per heavy atom. The first kappa shape index (κ1) is 25.4. The van der Waals surface area contributed by atoms with Gasteiger partial charge in [-0.05, 0) is 67.4 Å². The van der Waals surface area contributed by atoms with Crippen molar-refractivity contribution < 1.29 is 29.3 Å². The molecule has 3 aromatic carbocycles. The van der Waals surface area contributed by atoms with Gasteiger partial charge in [0.2, 0.25) is 0 Å². The van der Waals surface area contributed by atoms with Gasteiger partial charge in [0, 0.05) is 16.3 Å². The summed E-state index contributed by atoms with van der Waals surface area (Å²) in [5.74, 6) is -1.74. The van der Waals surface area contributed by atoms with E-state index in [9.17, 15) is 19.8 Å². The number of rotatable bonds is 6. The summed E-state index contributed by atoms with van der Waals surface area (Å²) in [6, 6.07) is 13.0. The van der Waals surface area contributed by atoms with Crippen LogP contribution in [0.3, 0.4) is 0 Å². The van der Waals surface area contributed by atoms with Crippen molar-refractivity contribution in [1.29, 1.82) is 0 Å². The molecule has 36 heavy (non-hydrogen) atoms.